The predicted octanol–water partition coefficient (Wildman–Crippen LogP) is 1.61. The van der Waals surface area contributed by atoms with E-state index >= 15 is 0 Å². The summed E-state index contributed by atoms with van der Waals surface area (Å²) < 4.78 is 0. The molecule has 116 valence electrons. The number of nitrogens with zero attached hydrogens (tertiary/aromatic N) is 2. The molecule has 2 aliphatic heterocycles. The zero-order valence-electron chi connectivity index (χ0n) is 13.0. The molecule has 2 saturated heterocycles. The number of hydrogen-bond donors (Lipinski definition) is 1. The zero-order valence-corrected chi connectivity index (χ0v) is 13.0. The van der Waals surface area contributed by atoms with Gasteiger partial charge in [0.15, 0.2) is 0 Å². The fourth-order valence-corrected chi connectivity index (χ4v) is 2.98. The number of ketones is 1. The van der Waals surface area contributed by atoms with Crippen LogP contribution in [0.5, 0.6) is 0 Å². The van der Waals surface area contributed by atoms with Crippen molar-refractivity contribution in [1.82, 2.24) is 9.80 Å². The van der Waals surface area contributed by atoms with Crippen LogP contribution in [0.1, 0.15) is 45.4 Å². The maximum atomic E-state index is 11.0. The first kappa shape index (κ1) is 17.1. The van der Waals surface area contributed by atoms with Gasteiger partial charge in [-0.2, -0.15) is 0 Å². The molecule has 0 saturated carbocycles. The topological polar surface area (TPSA) is 60.9 Å². The first-order valence-corrected chi connectivity index (χ1v) is 7.57. The normalized spacial score (nSPS) is 28.4. The highest BCUT2D eigenvalue weighted by molar-refractivity contribution is 5.81. The first-order valence-electron chi connectivity index (χ1n) is 7.57. The minimum absolute atomic E-state index is 0.216. The van der Waals surface area contributed by atoms with Crippen molar-refractivity contribution in [3.8, 4) is 0 Å². The molecule has 0 radical (unpaired) electrons. The summed E-state index contributed by atoms with van der Waals surface area (Å²) >= 11 is 0. The van der Waals surface area contributed by atoms with Crippen molar-refractivity contribution in [1.29, 1.82) is 0 Å². The van der Waals surface area contributed by atoms with Crippen LogP contribution in [0.15, 0.2) is 0 Å². The third kappa shape index (κ3) is 5.21. The number of rotatable bonds is 2. The minimum Gasteiger partial charge on any atom is -0.480 e. The number of Topliss-reactive ketones (excluding diaryl/α,β-unsaturated/α-hetero) is 1. The number of aliphatic carboxylic acids is 1. The number of carboxylic acid groups (broad SMARTS) is 1. The minimum atomic E-state index is -0.679. The van der Waals surface area contributed by atoms with Gasteiger partial charge in [0, 0.05) is 0 Å². The van der Waals surface area contributed by atoms with Crippen LogP contribution in [0.3, 0.4) is 0 Å². The van der Waals surface area contributed by atoms with Crippen LogP contribution in [-0.4, -0.2) is 65.9 Å². The van der Waals surface area contributed by atoms with Gasteiger partial charge >= 0.3 is 5.97 Å². The summed E-state index contributed by atoms with van der Waals surface area (Å²) in [5.41, 5.74) is 0. The van der Waals surface area contributed by atoms with E-state index in [0.29, 0.717) is 5.78 Å². The number of carbonyl (C=O) groups is 2. The molecule has 0 spiro atoms. The number of carbonyl (C=O) groups excluding carboxylic acids is 1. The molecule has 0 aromatic carbocycles. The zero-order chi connectivity index (χ0) is 15.1. The number of hydrogen-bond acceptors (Lipinski definition) is 4. The molecule has 0 aliphatic carbocycles. The van der Waals surface area contributed by atoms with Crippen molar-refractivity contribution in [2.24, 2.45) is 0 Å². The summed E-state index contributed by atoms with van der Waals surface area (Å²) in [5.74, 6) is -0.357. The number of piperidine rings is 2. The SMILES string of the molecule is CC(=O)C1CCCCN1C.CN1CCCCC1C(=O)O. The van der Waals surface area contributed by atoms with Crippen LogP contribution in [-0.2, 0) is 9.59 Å². The quantitative estimate of drug-likeness (QED) is 0.835. The average Bonchev–Trinajstić information content (AvgIpc) is 2.40. The summed E-state index contributed by atoms with van der Waals surface area (Å²) in [6.45, 7) is 3.70. The Morgan fingerprint density at radius 3 is 1.60 bits per heavy atom. The van der Waals surface area contributed by atoms with Gasteiger partial charge in [0.1, 0.15) is 11.8 Å². The molecule has 2 aliphatic rings. The lowest BCUT2D eigenvalue weighted by Gasteiger charge is -2.30. The second-order valence-electron chi connectivity index (χ2n) is 5.93. The molecule has 20 heavy (non-hydrogen) atoms. The highest BCUT2D eigenvalue weighted by Gasteiger charge is 2.24. The number of carboxylic acids is 1. The van der Waals surface area contributed by atoms with Crippen LogP contribution in [0.4, 0.5) is 0 Å². The third-order valence-corrected chi connectivity index (χ3v) is 4.30. The number of likely N-dealkylation sites (N-methyl/N-ethyl adjacent to an activating group) is 2. The molecule has 2 rings (SSSR count). The monoisotopic (exact) mass is 284 g/mol. The van der Waals surface area contributed by atoms with E-state index in [-0.39, 0.29) is 12.1 Å². The second-order valence-corrected chi connectivity index (χ2v) is 5.93. The molecule has 0 bridgehead atoms. The standard InChI is InChI=1S/C8H15NO.C7H13NO2/c1-7(10)8-5-3-4-6-9(8)2;1-8-5-3-2-4-6(8)7(9)10/h8H,3-6H2,1-2H3;6H,2-5H2,1H3,(H,9,10). The summed E-state index contributed by atoms with van der Waals surface area (Å²) in [7, 11) is 3.91. The van der Waals surface area contributed by atoms with Crippen molar-refractivity contribution < 1.29 is 14.7 Å². The molecular formula is C15H28N2O3. The molecule has 2 heterocycles. The Kier molecular flexibility index (Phi) is 7.16. The van der Waals surface area contributed by atoms with E-state index in [2.05, 4.69) is 4.90 Å². The molecular weight excluding hydrogens is 256 g/mol. The van der Waals surface area contributed by atoms with Crippen molar-refractivity contribution in [3.63, 3.8) is 0 Å². The molecule has 5 heteroatoms. The lowest BCUT2D eigenvalue weighted by molar-refractivity contribution is -0.143. The van der Waals surface area contributed by atoms with Gasteiger partial charge in [-0.3, -0.25) is 19.4 Å². The maximum absolute atomic E-state index is 11.0. The summed E-state index contributed by atoms with van der Waals surface area (Å²) in [6, 6.07) is -0.0116. The molecule has 2 fully saturated rings. The van der Waals surface area contributed by atoms with Crippen LogP contribution < -0.4 is 0 Å². The Balaban J connectivity index is 0.000000200. The summed E-state index contributed by atoms with van der Waals surface area (Å²) in [6.07, 6.45) is 6.54. The van der Waals surface area contributed by atoms with Crippen molar-refractivity contribution in [3.05, 3.63) is 0 Å². The van der Waals surface area contributed by atoms with Crippen molar-refractivity contribution in [2.75, 3.05) is 27.2 Å². The van der Waals surface area contributed by atoms with Gasteiger partial charge in [0.2, 0.25) is 0 Å². The average molecular weight is 284 g/mol. The summed E-state index contributed by atoms with van der Waals surface area (Å²) in [4.78, 5) is 25.6. The summed E-state index contributed by atoms with van der Waals surface area (Å²) in [5, 5.41) is 8.67. The molecule has 5 nitrogen and oxygen atoms in total. The van der Waals surface area contributed by atoms with Crippen LogP contribution in [0, 0.1) is 0 Å². The predicted molar refractivity (Wildman–Crippen MR) is 78.9 cm³/mol. The Bertz CT molecular complexity index is 301. The Morgan fingerprint density at radius 1 is 0.900 bits per heavy atom. The lowest BCUT2D eigenvalue weighted by atomic mass is 10.0. The van der Waals surface area contributed by atoms with E-state index in [9.17, 15) is 9.59 Å². The van der Waals surface area contributed by atoms with Gasteiger partial charge < -0.3 is 5.11 Å². The second kappa shape index (κ2) is 8.37. The molecule has 1 N–H and O–H groups in total. The van der Waals surface area contributed by atoms with Gasteiger partial charge in [-0.1, -0.05) is 12.8 Å². The smallest absolute Gasteiger partial charge is 0.320 e. The van der Waals surface area contributed by atoms with E-state index in [0.717, 1.165) is 38.8 Å². The molecule has 0 amide bonds. The van der Waals surface area contributed by atoms with Crippen molar-refractivity contribution in [2.45, 2.75) is 57.5 Å². The Hall–Kier alpha value is -0.940. The van der Waals surface area contributed by atoms with Gasteiger partial charge in [0.05, 0.1) is 6.04 Å². The van der Waals surface area contributed by atoms with Gasteiger partial charge in [-0.15, -0.1) is 0 Å². The van der Waals surface area contributed by atoms with Crippen molar-refractivity contribution >= 4 is 11.8 Å². The van der Waals surface area contributed by atoms with Crippen LogP contribution >= 0.6 is 0 Å². The van der Waals surface area contributed by atoms with Crippen LogP contribution in [0.2, 0.25) is 0 Å². The Labute approximate surface area is 121 Å². The van der Waals surface area contributed by atoms with Crippen LogP contribution in [0.25, 0.3) is 0 Å². The highest BCUT2D eigenvalue weighted by Crippen LogP contribution is 2.15. The van der Waals surface area contributed by atoms with Gasteiger partial charge in [0.25, 0.3) is 0 Å². The molecule has 0 aromatic rings. The number of likely N-dealkylation sites (tertiary alicyclic amines) is 2. The van der Waals surface area contributed by atoms with E-state index in [4.69, 9.17) is 5.11 Å². The van der Waals surface area contributed by atoms with E-state index in [1.807, 2.05) is 19.0 Å². The van der Waals surface area contributed by atoms with E-state index < -0.39 is 5.97 Å². The van der Waals surface area contributed by atoms with Gasteiger partial charge in [-0.05, 0) is 59.8 Å². The molecule has 2 atom stereocenters. The lowest BCUT2D eigenvalue weighted by Crippen LogP contribution is -2.41. The largest absolute Gasteiger partial charge is 0.480 e. The maximum Gasteiger partial charge on any atom is 0.320 e. The molecule has 2 unspecified atom stereocenters. The fraction of sp³-hybridized carbons (Fsp3) is 0.867. The highest BCUT2D eigenvalue weighted by atomic mass is 16.4. The fourth-order valence-electron chi connectivity index (χ4n) is 2.98. The third-order valence-electron chi connectivity index (χ3n) is 4.30. The van der Waals surface area contributed by atoms with E-state index in [1.165, 1.54) is 12.8 Å². The van der Waals surface area contributed by atoms with Gasteiger partial charge in [-0.25, -0.2) is 0 Å². The van der Waals surface area contributed by atoms with E-state index in [1.54, 1.807) is 6.92 Å². The first-order chi connectivity index (χ1) is 9.43. The molecule has 0 aromatic heterocycles. The Morgan fingerprint density at radius 2 is 1.35 bits per heavy atom.